The highest BCUT2D eigenvalue weighted by atomic mass is 28.3. The SMILES string of the molecule is C[Si](C)(C)C1CCC(O)OC1. The van der Waals surface area contributed by atoms with Gasteiger partial charge in [0.05, 0.1) is 6.61 Å². The van der Waals surface area contributed by atoms with Crippen molar-refractivity contribution in [2.24, 2.45) is 0 Å². The Balaban J connectivity index is 2.39. The molecule has 1 aliphatic heterocycles. The predicted molar refractivity (Wildman–Crippen MR) is 48.3 cm³/mol. The minimum absolute atomic E-state index is 0.484. The van der Waals surface area contributed by atoms with Crippen molar-refractivity contribution in [1.29, 1.82) is 0 Å². The number of hydrogen-bond donors (Lipinski definition) is 1. The molecular weight excluding hydrogens is 156 g/mol. The standard InChI is InChI=1S/C8H18O2Si/c1-11(2,3)7-4-5-8(9)10-6-7/h7-9H,4-6H2,1-3H3. The zero-order valence-corrected chi connectivity index (χ0v) is 8.63. The van der Waals surface area contributed by atoms with Gasteiger partial charge in [-0.3, -0.25) is 0 Å². The molecule has 1 saturated heterocycles. The Bertz CT molecular complexity index is 123. The van der Waals surface area contributed by atoms with Crippen LogP contribution in [0.25, 0.3) is 0 Å². The Morgan fingerprint density at radius 2 is 1.91 bits per heavy atom. The summed E-state index contributed by atoms with van der Waals surface area (Å²) in [4.78, 5) is 0. The summed E-state index contributed by atoms with van der Waals surface area (Å²) < 4.78 is 5.21. The van der Waals surface area contributed by atoms with Crippen molar-refractivity contribution < 1.29 is 9.84 Å². The lowest BCUT2D eigenvalue weighted by atomic mass is 10.2. The first-order valence-corrected chi connectivity index (χ1v) is 7.87. The maximum atomic E-state index is 9.09. The summed E-state index contributed by atoms with van der Waals surface area (Å²) in [7, 11) is -1.02. The molecule has 1 N–H and O–H groups in total. The summed E-state index contributed by atoms with van der Waals surface area (Å²) in [5.74, 6) is 0. The molecule has 11 heavy (non-hydrogen) atoms. The van der Waals surface area contributed by atoms with Crippen molar-refractivity contribution in [3.63, 3.8) is 0 Å². The van der Waals surface area contributed by atoms with Crippen LogP contribution in [0.5, 0.6) is 0 Å². The smallest absolute Gasteiger partial charge is 0.154 e. The van der Waals surface area contributed by atoms with Gasteiger partial charge in [0.15, 0.2) is 6.29 Å². The minimum atomic E-state index is -1.02. The lowest BCUT2D eigenvalue weighted by Gasteiger charge is -2.33. The molecule has 0 radical (unpaired) electrons. The van der Waals surface area contributed by atoms with Crippen LogP contribution >= 0.6 is 0 Å². The number of aliphatic hydroxyl groups excluding tert-OH is 1. The van der Waals surface area contributed by atoms with E-state index in [0.717, 1.165) is 25.0 Å². The third-order valence-corrected chi connectivity index (χ3v) is 5.38. The Hall–Kier alpha value is 0.137. The Kier molecular flexibility index (Phi) is 2.73. The van der Waals surface area contributed by atoms with Crippen molar-refractivity contribution in [3.05, 3.63) is 0 Å². The van der Waals surface area contributed by atoms with Gasteiger partial charge in [-0.1, -0.05) is 19.6 Å². The largest absolute Gasteiger partial charge is 0.368 e. The highest BCUT2D eigenvalue weighted by Crippen LogP contribution is 2.31. The quantitative estimate of drug-likeness (QED) is 0.614. The minimum Gasteiger partial charge on any atom is -0.368 e. The lowest BCUT2D eigenvalue weighted by Crippen LogP contribution is -2.36. The molecule has 1 heterocycles. The van der Waals surface area contributed by atoms with Gasteiger partial charge in [0.1, 0.15) is 0 Å². The van der Waals surface area contributed by atoms with Gasteiger partial charge in [-0.05, 0) is 18.4 Å². The number of hydrogen-bond acceptors (Lipinski definition) is 2. The summed E-state index contributed by atoms with van der Waals surface area (Å²) in [6, 6.07) is 0. The van der Waals surface area contributed by atoms with Gasteiger partial charge >= 0.3 is 0 Å². The van der Waals surface area contributed by atoms with Gasteiger partial charge in [0, 0.05) is 8.07 Å². The molecule has 1 rings (SSSR count). The number of rotatable bonds is 1. The maximum absolute atomic E-state index is 9.09. The van der Waals surface area contributed by atoms with Crippen LogP contribution in [0.1, 0.15) is 12.8 Å². The summed E-state index contributed by atoms with van der Waals surface area (Å²) in [6.45, 7) is 7.85. The van der Waals surface area contributed by atoms with E-state index in [9.17, 15) is 0 Å². The van der Waals surface area contributed by atoms with Crippen LogP contribution in [0, 0.1) is 0 Å². The first kappa shape index (κ1) is 9.23. The molecule has 0 aromatic heterocycles. The first-order chi connectivity index (χ1) is 5.00. The topological polar surface area (TPSA) is 29.5 Å². The highest BCUT2D eigenvalue weighted by Gasteiger charge is 2.30. The summed E-state index contributed by atoms with van der Waals surface area (Å²) in [6.07, 6.45) is 1.49. The van der Waals surface area contributed by atoms with Crippen LogP contribution in [0.3, 0.4) is 0 Å². The average molecular weight is 174 g/mol. The highest BCUT2D eigenvalue weighted by molar-refractivity contribution is 6.77. The Morgan fingerprint density at radius 3 is 2.27 bits per heavy atom. The molecular formula is C8H18O2Si. The van der Waals surface area contributed by atoms with E-state index in [1.54, 1.807) is 0 Å². The molecule has 0 aromatic carbocycles. The molecule has 0 spiro atoms. The summed E-state index contributed by atoms with van der Waals surface area (Å²) in [5.41, 5.74) is 0.742. The molecule has 0 aliphatic carbocycles. The zero-order valence-electron chi connectivity index (χ0n) is 7.63. The van der Waals surface area contributed by atoms with E-state index < -0.39 is 14.4 Å². The molecule has 0 amide bonds. The van der Waals surface area contributed by atoms with E-state index in [2.05, 4.69) is 19.6 Å². The van der Waals surface area contributed by atoms with E-state index in [1.807, 2.05) is 0 Å². The van der Waals surface area contributed by atoms with Gasteiger partial charge in [-0.25, -0.2) is 0 Å². The molecule has 2 unspecified atom stereocenters. The fourth-order valence-corrected chi connectivity index (χ4v) is 3.05. The third kappa shape index (κ3) is 2.58. The number of ether oxygens (including phenoxy) is 1. The Morgan fingerprint density at radius 1 is 1.27 bits per heavy atom. The van der Waals surface area contributed by atoms with Crippen LogP contribution in [0.2, 0.25) is 25.2 Å². The van der Waals surface area contributed by atoms with E-state index in [-0.39, 0.29) is 0 Å². The molecule has 2 atom stereocenters. The molecule has 0 saturated carbocycles. The molecule has 0 bridgehead atoms. The van der Waals surface area contributed by atoms with Crippen LogP contribution < -0.4 is 0 Å². The normalized spacial score (nSPS) is 33.8. The predicted octanol–water partition coefficient (Wildman–Crippen LogP) is 1.82. The summed E-state index contributed by atoms with van der Waals surface area (Å²) >= 11 is 0. The molecule has 66 valence electrons. The molecule has 0 aromatic rings. The van der Waals surface area contributed by atoms with Crippen LogP contribution in [0.4, 0.5) is 0 Å². The van der Waals surface area contributed by atoms with Crippen molar-refractivity contribution >= 4 is 8.07 Å². The average Bonchev–Trinajstić information content (AvgIpc) is 1.86. The van der Waals surface area contributed by atoms with Crippen LogP contribution in [0.15, 0.2) is 0 Å². The monoisotopic (exact) mass is 174 g/mol. The van der Waals surface area contributed by atoms with Crippen molar-refractivity contribution in [2.75, 3.05) is 6.61 Å². The van der Waals surface area contributed by atoms with Gasteiger partial charge in [0.2, 0.25) is 0 Å². The van der Waals surface area contributed by atoms with E-state index in [1.165, 1.54) is 0 Å². The fraction of sp³-hybridized carbons (Fsp3) is 1.00. The van der Waals surface area contributed by atoms with Crippen molar-refractivity contribution in [3.8, 4) is 0 Å². The molecule has 1 aliphatic rings. The second-order valence-electron chi connectivity index (χ2n) is 4.43. The molecule has 3 heteroatoms. The first-order valence-electron chi connectivity index (χ1n) is 4.30. The Labute approximate surface area is 69.6 Å². The van der Waals surface area contributed by atoms with E-state index >= 15 is 0 Å². The van der Waals surface area contributed by atoms with Gasteiger partial charge in [-0.2, -0.15) is 0 Å². The van der Waals surface area contributed by atoms with Crippen molar-refractivity contribution in [2.45, 2.75) is 44.3 Å². The number of aliphatic hydroxyl groups is 1. The third-order valence-electron chi connectivity index (χ3n) is 2.48. The molecule has 2 nitrogen and oxygen atoms in total. The zero-order chi connectivity index (χ0) is 8.48. The second-order valence-corrected chi connectivity index (χ2v) is 9.98. The van der Waals surface area contributed by atoms with Crippen LogP contribution in [-0.4, -0.2) is 26.1 Å². The van der Waals surface area contributed by atoms with Crippen molar-refractivity contribution in [1.82, 2.24) is 0 Å². The molecule has 1 fully saturated rings. The van der Waals surface area contributed by atoms with Gasteiger partial charge < -0.3 is 9.84 Å². The lowest BCUT2D eigenvalue weighted by molar-refractivity contribution is -0.123. The fourth-order valence-electron chi connectivity index (χ4n) is 1.42. The van der Waals surface area contributed by atoms with E-state index in [4.69, 9.17) is 9.84 Å². The maximum Gasteiger partial charge on any atom is 0.154 e. The van der Waals surface area contributed by atoms with Gasteiger partial charge in [-0.15, -0.1) is 0 Å². The second kappa shape index (κ2) is 3.25. The van der Waals surface area contributed by atoms with E-state index in [0.29, 0.717) is 0 Å². The van der Waals surface area contributed by atoms with Crippen LogP contribution in [-0.2, 0) is 4.74 Å². The van der Waals surface area contributed by atoms with Gasteiger partial charge in [0.25, 0.3) is 0 Å². The summed E-state index contributed by atoms with van der Waals surface area (Å²) in [5, 5.41) is 9.09.